The third-order valence-electron chi connectivity index (χ3n) is 1.28. The lowest BCUT2D eigenvalue weighted by Crippen LogP contribution is -1.96. The third kappa shape index (κ3) is 2.80. The van der Waals surface area contributed by atoms with Crippen molar-refractivity contribution in [2.45, 2.75) is 6.92 Å². The highest BCUT2D eigenvalue weighted by Gasteiger charge is 1.98. The molecule has 0 radical (unpaired) electrons. The molecule has 1 aromatic carbocycles. The molecule has 0 aliphatic heterocycles. The van der Waals surface area contributed by atoms with E-state index < -0.39 is 0 Å². The number of benzene rings is 1. The molecule has 0 aliphatic rings. The van der Waals surface area contributed by atoms with Gasteiger partial charge in [-0.1, -0.05) is 11.6 Å². The molecule has 0 unspecified atom stereocenters. The van der Waals surface area contributed by atoms with Gasteiger partial charge in [0, 0.05) is 11.1 Å². The normalized spacial score (nSPS) is 8.83. The molecule has 0 bridgehead atoms. The van der Waals surface area contributed by atoms with E-state index in [1.807, 2.05) is 6.92 Å². The van der Waals surface area contributed by atoms with Crippen molar-refractivity contribution in [3.63, 3.8) is 0 Å². The van der Waals surface area contributed by atoms with Crippen molar-refractivity contribution in [1.82, 2.24) is 0 Å². The summed E-state index contributed by atoms with van der Waals surface area (Å²) >= 11 is 5.72. The minimum atomic E-state index is 0. The van der Waals surface area contributed by atoms with Crippen LogP contribution in [0.3, 0.4) is 0 Å². The zero-order valence-electron chi connectivity index (χ0n) is 6.71. The Kier molecular flexibility index (Phi) is 4.86. The minimum absolute atomic E-state index is 0. The van der Waals surface area contributed by atoms with Gasteiger partial charge in [-0.25, -0.2) is 0 Å². The van der Waals surface area contributed by atoms with Gasteiger partial charge in [-0.05, 0) is 19.1 Å². The Bertz CT molecular complexity index is 253. The first-order valence-electron chi connectivity index (χ1n) is 3.42. The van der Waals surface area contributed by atoms with Gasteiger partial charge in [0.15, 0.2) is 0 Å². The molecule has 0 fully saturated rings. The molecule has 1 aromatic rings. The number of ether oxygens (including phenoxy) is 1. The van der Waals surface area contributed by atoms with Crippen molar-refractivity contribution >= 4 is 29.7 Å². The molecule has 4 heteroatoms. The van der Waals surface area contributed by atoms with Crippen LogP contribution < -0.4 is 10.5 Å². The van der Waals surface area contributed by atoms with Gasteiger partial charge in [0.1, 0.15) is 5.75 Å². The molecule has 0 saturated heterocycles. The Balaban J connectivity index is 0.00000121. The number of hydrogen-bond donors (Lipinski definition) is 1. The van der Waals surface area contributed by atoms with Gasteiger partial charge >= 0.3 is 0 Å². The Morgan fingerprint density at radius 1 is 1.50 bits per heavy atom. The van der Waals surface area contributed by atoms with E-state index in [0.29, 0.717) is 23.1 Å². The first-order valence-corrected chi connectivity index (χ1v) is 3.79. The fraction of sp³-hybridized carbons (Fsp3) is 0.250. The molecule has 0 aromatic heterocycles. The van der Waals surface area contributed by atoms with Gasteiger partial charge in [0.05, 0.1) is 12.3 Å². The van der Waals surface area contributed by atoms with Crippen molar-refractivity contribution in [3.8, 4) is 5.75 Å². The summed E-state index contributed by atoms with van der Waals surface area (Å²) in [5, 5.41) is 0.641. The van der Waals surface area contributed by atoms with E-state index in [1.54, 1.807) is 18.2 Å². The average molecular weight is 208 g/mol. The molecule has 0 heterocycles. The summed E-state index contributed by atoms with van der Waals surface area (Å²) in [6.45, 7) is 2.50. The third-order valence-corrected chi connectivity index (χ3v) is 1.51. The fourth-order valence-corrected chi connectivity index (χ4v) is 0.951. The van der Waals surface area contributed by atoms with Crippen molar-refractivity contribution in [2.24, 2.45) is 0 Å². The van der Waals surface area contributed by atoms with Gasteiger partial charge in [-0.15, -0.1) is 12.4 Å². The maximum atomic E-state index is 5.72. The molecule has 0 aliphatic carbocycles. The molecule has 0 saturated carbocycles. The van der Waals surface area contributed by atoms with E-state index in [-0.39, 0.29) is 12.4 Å². The van der Waals surface area contributed by atoms with Crippen molar-refractivity contribution in [1.29, 1.82) is 0 Å². The summed E-state index contributed by atoms with van der Waals surface area (Å²) in [7, 11) is 0. The van der Waals surface area contributed by atoms with E-state index in [0.717, 1.165) is 0 Å². The zero-order chi connectivity index (χ0) is 8.27. The highest BCUT2D eigenvalue weighted by Crippen LogP contribution is 2.24. The summed E-state index contributed by atoms with van der Waals surface area (Å²) in [5.74, 6) is 0.653. The van der Waals surface area contributed by atoms with Crippen LogP contribution in [0.15, 0.2) is 18.2 Å². The van der Waals surface area contributed by atoms with Crippen LogP contribution in [-0.2, 0) is 0 Å². The van der Waals surface area contributed by atoms with E-state index in [4.69, 9.17) is 22.1 Å². The number of rotatable bonds is 2. The Labute approximate surface area is 83.1 Å². The van der Waals surface area contributed by atoms with Crippen LogP contribution in [0, 0.1) is 0 Å². The summed E-state index contributed by atoms with van der Waals surface area (Å²) in [6, 6.07) is 5.17. The van der Waals surface area contributed by atoms with Gasteiger partial charge < -0.3 is 10.5 Å². The smallest absolute Gasteiger partial charge is 0.143 e. The van der Waals surface area contributed by atoms with Crippen LogP contribution in [0.1, 0.15) is 6.92 Å². The maximum absolute atomic E-state index is 5.72. The largest absolute Gasteiger partial charge is 0.492 e. The Hall–Kier alpha value is -0.600. The summed E-state index contributed by atoms with van der Waals surface area (Å²) in [6.07, 6.45) is 0. The van der Waals surface area contributed by atoms with Crippen LogP contribution in [-0.4, -0.2) is 6.61 Å². The molecule has 2 nitrogen and oxygen atoms in total. The number of halogens is 2. The number of hydrogen-bond acceptors (Lipinski definition) is 2. The molecule has 1 rings (SSSR count). The lowest BCUT2D eigenvalue weighted by atomic mass is 10.3. The molecule has 2 N–H and O–H groups in total. The van der Waals surface area contributed by atoms with Gasteiger partial charge in [-0.2, -0.15) is 0 Å². The lowest BCUT2D eigenvalue weighted by molar-refractivity contribution is 0.342. The summed E-state index contributed by atoms with van der Waals surface area (Å²) in [4.78, 5) is 0. The van der Waals surface area contributed by atoms with Crippen LogP contribution >= 0.6 is 24.0 Å². The van der Waals surface area contributed by atoms with E-state index >= 15 is 0 Å². The molecule has 0 spiro atoms. The quantitative estimate of drug-likeness (QED) is 0.758. The van der Waals surface area contributed by atoms with Crippen LogP contribution in [0.25, 0.3) is 0 Å². The van der Waals surface area contributed by atoms with Gasteiger partial charge in [-0.3, -0.25) is 0 Å². The van der Waals surface area contributed by atoms with Crippen LogP contribution in [0.4, 0.5) is 5.69 Å². The topological polar surface area (TPSA) is 35.2 Å². The number of anilines is 1. The monoisotopic (exact) mass is 207 g/mol. The standard InChI is InChI=1S/C8H10ClNO.ClH/c1-2-11-8-5-6(9)3-4-7(8)10;/h3-5H,2,10H2,1H3;1H. The summed E-state index contributed by atoms with van der Waals surface area (Å²) in [5.41, 5.74) is 6.21. The fourth-order valence-electron chi connectivity index (χ4n) is 0.789. The highest BCUT2D eigenvalue weighted by molar-refractivity contribution is 6.30. The molecular weight excluding hydrogens is 197 g/mol. The van der Waals surface area contributed by atoms with Crippen LogP contribution in [0.2, 0.25) is 5.02 Å². The predicted octanol–water partition coefficient (Wildman–Crippen LogP) is 2.74. The minimum Gasteiger partial charge on any atom is -0.492 e. The Morgan fingerprint density at radius 2 is 2.17 bits per heavy atom. The average Bonchev–Trinajstić information content (AvgIpc) is 1.98. The second kappa shape index (κ2) is 5.12. The van der Waals surface area contributed by atoms with E-state index in [1.165, 1.54) is 0 Å². The second-order valence-corrected chi connectivity index (χ2v) is 2.55. The first-order chi connectivity index (χ1) is 5.24. The van der Waals surface area contributed by atoms with E-state index in [9.17, 15) is 0 Å². The second-order valence-electron chi connectivity index (χ2n) is 2.12. The maximum Gasteiger partial charge on any atom is 0.143 e. The molecule has 12 heavy (non-hydrogen) atoms. The number of nitrogens with two attached hydrogens (primary N) is 1. The molecular formula is C8H11Cl2NO. The summed E-state index contributed by atoms with van der Waals surface area (Å²) < 4.78 is 5.21. The molecule has 68 valence electrons. The highest BCUT2D eigenvalue weighted by atomic mass is 35.5. The molecule has 0 amide bonds. The predicted molar refractivity (Wildman–Crippen MR) is 54.3 cm³/mol. The SMILES string of the molecule is CCOc1cc(Cl)ccc1N.Cl. The van der Waals surface area contributed by atoms with Crippen molar-refractivity contribution in [3.05, 3.63) is 23.2 Å². The zero-order valence-corrected chi connectivity index (χ0v) is 8.28. The van der Waals surface area contributed by atoms with Crippen LogP contribution in [0.5, 0.6) is 5.75 Å². The number of nitrogen functional groups attached to an aromatic ring is 1. The molecule has 0 atom stereocenters. The van der Waals surface area contributed by atoms with Crippen molar-refractivity contribution < 1.29 is 4.74 Å². The Morgan fingerprint density at radius 3 is 2.75 bits per heavy atom. The van der Waals surface area contributed by atoms with Gasteiger partial charge in [0.25, 0.3) is 0 Å². The van der Waals surface area contributed by atoms with Gasteiger partial charge in [0.2, 0.25) is 0 Å². The van der Waals surface area contributed by atoms with Crippen molar-refractivity contribution in [2.75, 3.05) is 12.3 Å². The first kappa shape index (κ1) is 11.4. The lowest BCUT2D eigenvalue weighted by Gasteiger charge is -2.05. The van der Waals surface area contributed by atoms with E-state index in [2.05, 4.69) is 0 Å².